The number of nitrogens with one attached hydrogen (secondary N) is 3. The molecule has 7 heteroatoms. The van der Waals surface area contributed by atoms with Gasteiger partial charge in [0, 0.05) is 13.0 Å². The Morgan fingerprint density at radius 2 is 1.62 bits per heavy atom. The summed E-state index contributed by atoms with van der Waals surface area (Å²) < 4.78 is 11.7. The largest absolute Gasteiger partial charge is 0.373 e. The summed E-state index contributed by atoms with van der Waals surface area (Å²) in [6.45, 7) is 1.35. The van der Waals surface area contributed by atoms with Crippen molar-refractivity contribution in [1.82, 2.24) is 16.0 Å². The molecule has 26 heavy (non-hydrogen) atoms. The van der Waals surface area contributed by atoms with Crippen molar-refractivity contribution in [3.8, 4) is 0 Å². The fraction of sp³-hybridized carbons (Fsp3) is 0.895. The quantitative estimate of drug-likeness (QED) is 0.651. The molecular weight excluding hydrogens is 334 g/mol. The van der Waals surface area contributed by atoms with Gasteiger partial charge in [0.1, 0.15) is 0 Å². The maximum absolute atomic E-state index is 13.1. The Bertz CT molecular complexity index is 591. The van der Waals surface area contributed by atoms with Crippen molar-refractivity contribution in [2.75, 3.05) is 13.1 Å². The average Bonchev–Trinajstić information content (AvgIpc) is 3.41. The third-order valence-corrected chi connectivity index (χ3v) is 7.10. The lowest BCUT2D eigenvalue weighted by Crippen LogP contribution is -2.52. The molecule has 0 spiro atoms. The molecule has 3 N–H and O–H groups in total. The van der Waals surface area contributed by atoms with Crippen LogP contribution in [0, 0.1) is 5.41 Å². The monoisotopic (exact) mass is 363 g/mol. The third-order valence-electron chi connectivity index (χ3n) is 7.10. The number of ether oxygens (including phenoxy) is 2. The minimum atomic E-state index is -0.635. The Hall–Kier alpha value is -1.18. The highest BCUT2D eigenvalue weighted by Crippen LogP contribution is 2.37. The van der Waals surface area contributed by atoms with Crippen LogP contribution in [-0.4, -0.2) is 61.4 Å². The van der Waals surface area contributed by atoms with E-state index in [0.717, 1.165) is 45.1 Å². The summed E-state index contributed by atoms with van der Waals surface area (Å²) in [6, 6.07) is 0.232. The summed E-state index contributed by atoms with van der Waals surface area (Å²) in [6.07, 6.45) is 8.03. The van der Waals surface area contributed by atoms with Gasteiger partial charge in [-0.25, -0.2) is 0 Å². The average molecular weight is 363 g/mol. The van der Waals surface area contributed by atoms with Crippen molar-refractivity contribution in [3.63, 3.8) is 0 Å². The van der Waals surface area contributed by atoms with Crippen molar-refractivity contribution in [2.24, 2.45) is 5.41 Å². The van der Waals surface area contributed by atoms with Crippen LogP contribution < -0.4 is 16.0 Å². The molecule has 5 rings (SSSR count). The molecule has 7 atom stereocenters. The van der Waals surface area contributed by atoms with Gasteiger partial charge in [0.05, 0.1) is 41.9 Å². The van der Waals surface area contributed by atoms with E-state index in [2.05, 4.69) is 16.0 Å². The standard InChI is InChI=1S/C19H29N3O4/c23-17(21-13-7-11-1-3-15(13)25-11)9-19(5-6-20-10-19)18(24)22-14-8-12-2-4-16(14)26-12/h11-16,20H,1-10H2,(H,21,23)(H,22,24)/t11-,12-,13-,14-,15+,16+,19?/m1/s1. The van der Waals surface area contributed by atoms with Gasteiger partial charge < -0.3 is 25.4 Å². The summed E-state index contributed by atoms with van der Waals surface area (Å²) in [5.41, 5.74) is -0.635. The Labute approximate surface area is 153 Å². The molecule has 0 aromatic carbocycles. The van der Waals surface area contributed by atoms with Crippen LogP contribution in [0.4, 0.5) is 0 Å². The summed E-state index contributed by atoms with van der Waals surface area (Å²) >= 11 is 0. The fourth-order valence-corrected chi connectivity index (χ4v) is 5.63. The van der Waals surface area contributed by atoms with Crippen LogP contribution in [0.1, 0.15) is 51.4 Å². The van der Waals surface area contributed by atoms with E-state index in [1.54, 1.807) is 0 Å². The molecule has 0 saturated carbocycles. The molecular formula is C19H29N3O4. The van der Waals surface area contributed by atoms with E-state index in [4.69, 9.17) is 9.47 Å². The first-order chi connectivity index (χ1) is 12.6. The van der Waals surface area contributed by atoms with Crippen LogP contribution in [0.2, 0.25) is 0 Å². The molecule has 1 unspecified atom stereocenters. The van der Waals surface area contributed by atoms with E-state index in [-0.39, 0.29) is 42.5 Å². The first-order valence-electron chi connectivity index (χ1n) is 10.2. The Kier molecular flexibility index (Phi) is 4.21. The van der Waals surface area contributed by atoms with E-state index < -0.39 is 5.41 Å². The number of amides is 2. The van der Waals surface area contributed by atoms with Crippen molar-refractivity contribution in [1.29, 1.82) is 0 Å². The van der Waals surface area contributed by atoms with E-state index in [1.807, 2.05) is 0 Å². The molecule has 5 aliphatic heterocycles. The van der Waals surface area contributed by atoms with Crippen molar-refractivity contribution < 1.29 is 19.1 Å². The van der Waals surface area contributed by atoms with Crippen molar-refractivity contribution in [3.05, 3.63) is 0 Å². The first-order valence-corrected chi connectivity index (χ1v) is 10.2. The van der Waals surface area contributed by atoms with Crippen LogP contribution in [0.15, 0.2) is 0 Å². The summed E-state index contributed by atoms with van der Waals surface area (Å²) in [7, 11) is 0. The Morgan fingerprint density at radius 3 is 2.12 bits per heavy atom. The summed E-state index contributed by atoms with van der Waals surface area (Å²) in [5, 5.41) is 9.63. The van der Waals surface area contributed by atoms with Gasteiger partial charge >= 0.3 is 0 Å². The molecule has 2 amide bonds. The van der Waals surface area contributed by atoms with Crippen molar-refractivity contribution in [2.45, 2.75) is 87.9 Å². The molecule has 5 fully saturated rings. The van der Waals surface area contributed by atoms with Gasteiger partial charge in [-0.2, -0.15) is 0 Å². The number of hydrogen-bond donors (Lipinski definition) is 3. The molecule has 144 valence electrons. The molecule has 0 aromatic rings. The lowest BCUT2D eigenvalue weighted by Gasteiger charge is -2.31. The zero-order valence-corrected chi connectivity index (χ0v) is 15.2. The minimum Gasteiger partial charge on any atom is -0.373 e. The van der Waals surface area contributed by atoms with Gasteiger partial charge in [-0.15, -0.1) is 0 Å². The lowest BCUT2D eigenvalue weighted by molar-refractivity contribution is -0.136. The predicted molar refractivity (Wildman–Crippen MR) is 93.4 cm³/mol. The second-order valence-corrected chi connectivity index (χ2v) is 8.86. The van der Waals surface area contributed by atoms with Gasteiger partial charge in [-0.3, -0.25) is 9.59 Å². The van der Waals surface area contributed by atoms with Crippen LogP contribution in [0.5, 0.6) is 0 Å². The topological polar surface area (TPSA) is 88.7 Å². The smallest absolute Gasteiger partial charge is 0.228 e. The molecule has 5 aliphatic rings. The maximum Gasteiger partial charge on any atom is 0.228 e. The molecule has 5 heterocycles. The molecule has 7 nitrogen and oxygen atoms in total. The molecule has 0 aliphatic carbocycles. The Morgan fingerprint density at radius 1 is 0.962 bits per heavy atom. The van der Waals surface area contributed by atoms with E-state index >= 15 is 0 Å². The number of hydrogen-bond acceptors (Lipinski definition) is 5. The van der Waals surface area contributed by atoms with Crippen LogP contribution in [0.25, 0.3) is 0 Å². The third kappa shape index (κ3) is 2.94. The summed E-state index contributed by atoms with van der Waals surface area (Å²) in [5.74, 6) is -0.00261. The number of carbonyl (C=O) groups is 2. The van der Waals surface area contributed by atoms with Crippen molar-refractivity contribution >= 4 is 11.8 Å². The number of carbonyl (C=O) groups excluding carboxylic acids is 2. The first kappa shape index (κ1) is 17.0. The van der Waals surface area contributed by atoms with Gasteiger partial charge in [-0.1, -0.05) is 0 Å². The van der Waals surface area contributed by atoms with E-state index in [0.29, 0.717) is 25.2 Å². The molecule has 0 aromatic heterocycles. The highest BCUT2D eigenvalue weighted by atomic mass is 16.5. The predicted octanol–water partition coefficient (Wildman–Crippen LogP) is 0.228. The van der Waals surface area contributed by atoms with Gasteiger partial charge in [0.2, 0.25) is 11.8 Å². The minimum absolute atomic E-state index is 0.0167. The van der Waals surface area contributed by atoms with Gasteiger partial charge in [0.15, 0.2) is 0 Å². The second-order valence-electron chi connectivity index (χ2n) is 8.86. The highest BCUT2D eigenvalue weighted by Gasteiger charge is 2.48. The van der Waals surface area contributed by atoms with Crippen LogP contribution >= 0.6 is 0 Å². The zero-order valence-electron chi connectivity index (χ0n) is 15.2. The maximum atomic E-state index is 13.1. The van der Waals surface area contributed by atoms with Crippen LogP contribution in [0.3, 0.4) is 0 Å². The lowest BCUT2D eigenvalue weighted by atomic mass is 9.81. The van der Waals surface area contributed by atoms with E-state index in [1.165, 1.54) is 0 Å². The molecule has 0 radical (unpaired) electrons. The van der Waals surface area contributed by atoms with E-state index in [9.17, 15) is 9.59 Å². The molecule has 4 bridgehead atoms. The number of rotatable bonds is 5. The second kappa shape index (κ2) is 6.46. The number of fused-ring (bicyclic) bond motifs is 4. The highest BCUT2D eigenvalue weighted by molar-refractivity contribution is 5.90. The Balaban J connectivity index is 1.21. The fourth-order valence-electron chi connectivity index (χ4n) is 5.63. The van der Waals surface area contributed by atoms with Gasteiger partial charge in [0.25, 0.3) is 0 Å². The summed E-state index contributed by atoms with van der Waals surface area (Å²) in [4.78, 5) is 25.8. The van der Waals surface area contributed by atoms with Gasteiger partial charge in [-0.05, 0) is 51.5 Å². The van der Waals surface area contributed by atoms with Crippen LogP contribution in [-0.2, 0) is 19.1 Å². The SMILES string of the molecule is O=C(CC1(C(=O)N[C@@H]2C[C@H]3CC[C@@H]2O3)CCNC1)N[C@@H]1C[C@H]2CC[C@@H]1O2. The normalized spacial score (nSPS) is 46.0. The molecule has 5 saturated heterocycles. The zero-order chi connectivity index (χ0) is 17.7.